The van der Waals surface area contributed by atoms with Crippen molar-refractivity contribution in [3.63, 3.8) is 0 Å². The fourth-order valence-electron chi connectivity index (χ4n) is 1.75. The van der Waals surface area contributed by atoms with Crippen LogP contribution in [0.25, 0.3) is 0 Å². The van der Waals surface area contributed by atoms with Crippen LogP contribution in [0.3, 0.4) is 0 Å². The van der Waals surface area contributed by atoms with Crippen molar-refractivity contribution >= 4 is 15.9 Å². The summed E-state index contributed by atoms with van der Waals surface area (Å²) in [5, 5.41) is 0. The standard InChI is InChI=1S/C12H15BrO/c1-8(2)12(13)9-3-4-10-6-14-7-11(10)5-9/h3-5,8,12H,6-7H2,1-2H3. The molecule has 0 saturated carbocycles. The van der Waals surface area contributed by atoms with Gasteiger partial charge in [0.2, 0.25) is 0 Å². The van der Waals surface area contributed by atoms with Crippen molar-refractivity contribution in [1.82, 2.24) is 0 Å². The summed E-state index contributed by atoms with van der Waals surface area (Å²) in [7, 11) is 0. The summed E-state index contributed by atoms with van der Waals surface area (Å²) in [6, 6.07) is 6.66. The smallest absolute Gasteiger partial charge is 0.0725 e. The van der Waals surface area contributed by atoms with E-state index in [2.05, 4.69) is 48.0 Å². The normalized spacial score (nSPS) is 17.1. The van der Waals surface area contributed by atoms with Crippen LogP contribution in [0.2, 0.25) is 0 Å². The Bertz CT molecular complexity index is 333. The van der Waals surface area contributed by atoms with Crippen LogP contribution in [0, 0.1) is 5.92 Å². The summed E-state index contributed by atoms with van der Waals surface area (Å²) in [5.41, 5.74) is 4.06. The van der Waals surface area contributed by atoms with Crippen LogP contribution in [0.5, 0.6) is 0 Å². The van der Waals surface area contributed by atoms with Crippen molar-refractivity contribution in [3.05, 3.63) is 34.9 Å². The monoisotopic (exact) mass is 254 g/mol. The lowest BCUT2D eigenvalue weighted by Gasteiger charge is -2.14. The fourth-order valence-corrected chi connectivity index (χ4v) is 2.03. The molecule has 0 spiro atoms. The van der Waals surface area contributed by atoms with E-state index in [1.54, 1.807) is 0 Å². The summed E-state index contributed by atoms with van der Waals surface area (Å²) in [4.78, 5) is 0.452. The van der Waals surface area contributed by atoms with Gasteiger partial charge < -0.3 is 4.74 Å². The Morgan fingerprint density at radius 2 is 1.93 bits per heavy atom. The van der Waals surface area contributed by atoms with Gasteiger partial charge in [-0.25, -0.2) is 0 Å². The highest BCUT2D eigenvalue weighted by molar-refractivity contribution is 9.09. The molecule has 0 N–H and O–H groups in total. The van der Waals surface area contributed by atoms with Crippen LogP contribution in [0.15, 0.2) is 18.2 Å². The Kier molecular flexibility index (Phi) is 2.93. The van der Waals surface area contributed by atoms with Gasteiger partial charge in [0.25, 0.3) is 0 Å². The van der Waals surface area contributed by atoms with Crippen molar-refractivity contribution in [3.8, 4) is 0 Å². The van der Waals surface area contributed by atoms with E-state index >= 15 is 0 Å². The van der Waals surface area contributed by atoms with Crippen molar-refractivity contribution < 1.29 is 4.74 Å². The number of hydrogen-bond acceptors (Lipinski definition) is 1. The van der Waals surface area contributed by atoms with Crippen LogP contribution in [-0.4, -0.2) is 0 Å². The first-order chi connectivity index (χ1) is 6.68. The molecular formula is C12H15BrO. The molecule has 1 nitrogen and oxygen atoms in total. The molecular weight excluding hydrogens is 240 g/mol. The molecule has 1 atom stereocenters. The maximum atomic E-state index is 5.39. The Morgan fingerprint density at radius 1 is 1.21 bits per heavy atom. The first-order valence-electron chi connectivity index (χ1n) is 5.02. The minimum absolute atomic E-state index is 0.452. The average molecular weight is 255 g/mol. The van der Waals surface area contributed by atoms with Crippen LogP contribution >= 0.6 is 15.9 Å². The van der Waals surface area contributed by atoms with E-state index in [1.165, 1.54) is 16.7 Å². The first-order valence-corrected chi connectivity index (χ1v) is 5.93. The van der Waals surface area contributed by atoms with Gasteiger partial charge in [0, 0.05) is 4.83 Å². The van der Waals surface area contributed by atoms with Crippen molar-refractivity contribution in [2.75, 3.05) is 0 Å². The Balaban J connectivity index is 2.28. The molecule has 2 heteroatoms. The molecule has 0 fully saturated rings. The summed E-state index contributed by atoms with van der Waals surface area (Å²) >= 11 is 3.72. The number of rotatable bonds is 2. The second-order valence-corrected chi connectivity index (χ2v) is 5.15. The van der Waals surface area contributed by atoms with E-state index in [4.69, 9.17) is 4.74 Å². The topological polar surface area (TPSA) is 9.23 Å². The Morgan fingerprint density at radius 3 is 2.64 bits per heavy atom. The van der Waals surface area contributed by atoms with Gasteiger partial charge in [0.15, 0.2) is 0 Å². The third-order valence-corrected chi connectivity index (χ3v) is 4.24. The molecule has 0 saturated heterocycles. The van der Waals surface area contributed by atoms with Gasteiger partial charge >= 0.3 is 0 Å². The van der Waals surface area contributed by atoms with Crippen molar-refractivity contribution in [2.45, 2.75) is 31.9 Å². The van der Waals surface area contributed by atoms with E-state index < -0.39 is 0 Å². The SMILES string of the molecule is CC(C)C(Br)c1ccc2c(c1)COC2. The van der Waals surface area contributed by atoms with Gasteiger partial charge in [-0.2, -0.15) is 0 Å². The third-order valence-electron chi connectivity index (χ3n) is 2.65. The largest absolute Gasteiger partial charge is 0.372 e. The van der Waals surface area contributed by atoms with Crippen LogP contribution in [0.4, 0.5) is 0 Å². The molecule has 1 aromatic carbocycles. The van der Waals surface area contributed by atoms with Crippen molar-refractivity contribution in [1.29, 1.82) is 0 Å². The Hall–Kier alpha value is -0.340. The quantitative estimate of drug-likeness (QED) is 0.730. The van der Waals surface area contributed by atoms with Gasteiger partial charge in [-0.05, 0) is 22.6 Å². The van der Waals surface area contributed by atoms with Gasteiger partial charge in [0.1, 0.15) is 0 Å². The summed E-state index contributed by atoms with van der Waals surface area (Å²) in [6.07, 6.45) is 0. The zero-order valence-corrected chi connectivity index (χ0v) is 10.2. The number of ether oxygens (including phenoxy) is 1. The van der Waals surface area contributed by atoms with Crippen LogP contribution in [0.1, 0.15) is 35.4 Å². The number of fused-ring (bicyclic) bond motifs is 1. The lowest BCUT2D eigenvalue weighted by Crippen LogP contribution is -1.99. The molecule has 0 aliphatic carbocycles. The summed E-state index contributed by atoms with van der Waals surface area (Å²) in [5.74, 6) is 0.621. The minimum Gasteiger partial charge on any atom is -0.372 e. The second kappa shape index (κ2) is 4.03. The zero-order valence-electron chi connectivity index (χ0n) is 8.59. The van der Waals surface area contributed by atoms with E-state index in [9.17, 15) is 0 Å². The molecule has 2 rings (SSSR count). The van der Waals surface area contributed by atoms with Gasteiger partial charge in [0.05, 0.1) is 13.2 Å². The molecule has 1 heterocycles. The second-order valence-electron chi connectivity index (χ2n) is 4.17. The maximum absolute atomic E-state index is 5.39. The Labute approximate surface area is 93.6 Å². The fraction of sp³-hybridized carbons (Fsp3) is 0.500. The number of halogens is 1. The van der Waals surface area contributed by atoms with E-state index in [0.29, 0.717) is 10.7 Å². The van der Waals surface area contributed by atoms with Gasteiger partial charge in [-0.1, -0.05) is 48.0 Å². The minimum atomic E-state index is 0.452. The number of hydrogen-bond donors (Lipinski definition) is 0. The molecule has 0 amide bonds. The van der Waals surface area contributed by atoms with E-state index in [0.717, 1.165) is 13.2 Å². The highest BCUT2D eigenvalue weighted by atomic mass is 79.9. The average Bonchev–Trinajstić information content (AvgIpc) is 2.62. The highest BCUT2D eigenvalue weighted by Gasteiger charge is 2.16. The maximum Gasteiger partial charge on any atom is 0.0725 e. The zero-order chi connectivity index (χ0) is 10.1. The lowest BCUT2D eigenvalue weighted by atomic mass is 9.99. The van der Waals surface area contributed by atoms with Crippen LogP contribution in [-0.2, 0) is 18.0 Å². The predicted octanol–water partition coefficient (Wildman–Crippen LogP) is 3.81. The first kappa shape index (κ1) is 10.2. The highest BCUT2D eigenvalue weighted by Crippen LogP contribution is 2.33. The molecule has 0 bridgehead atoms. The molecule has 1 unspecified atom stereocenters. The summed E-state index contributed by atoms with van der Waals surface area (Å²) < 4.78 is 5.39. The van der Waals surface area contributed by atoms with E-state index in [-0.39, 0.29) is 0 Å². The number of benzene rings is 1. The van der Waals surface area contributed by atoms with Gasteiger partial charge in [-0.3, -0.25) is 0 Å². The summed E-state index contributed by atoms with van der Waals surface area (Å²) in [6.45, 7) is 6.01. The molecule has 1 aliphatic rings. The number of alkyl halides is 1. The lowest BCUT2D eigenvalue weighted by molar-refractivity contribution is 0.134. The molecule has 76 valence electrons. The van der Waals surface area contributed by atoms with Crippen molar-refractivity contribution in [2.24, 2.45) is 5.92 Å². The van der Waals surface area contributed by atoms with E-state index in [1.807, 2.05) is 0 Å². The molecule has 1 aromatic rings. The van der Waals surface area contributed by atoms with Gasteiger partial charge in [-0.15, -0.1) is 0 Å². The molecule has 0 aromatic heterocycles. The molecule has 0 radical (unpaired) electrons. The van der Waals surface area contributed by atoms with Crippen LogP contribution < -0.4 is 0 Å². The predicted molar refractivity (Wildman–Crippen MR) is 61.4 cm³/mol. The molecule has 14 heavy (non-hydrogen) atoms. The third kappa shape index (κ3) is 1.86. The molecule has 1 aliphatic heterocycles.